The van der Waals surface area contributed by atoms with Crippen LogP contribution < -0.4 is 16.0 Å². The Morgan fingerprint density at radius 2 is 1.67 bits per heavy atom. The van der Waals surface area contributed by atoms with Gasteiger partial charge in [-0.1, -0.05) is 0 Å². The molecule has 0 fully saturated rings. The lowest BCUT2D eigenvalue weighted by Crippen LogP contribution is -2.33. The van der Waals surface area contributed by atoms with Crippen LogP contribution in [-0.4, -0.2) is 31.4 Å². The molecule has 1 rings (SSSR count). The Kier molecular flexibility index (Phi) is 5.70. The Bertz CT molecular complexity index is 401. The Balaban J connectivity index is 2.39. The summed E-state index contributed by atoms with van der Waals surface area (Å²) in [6.45, 7) is 5.18. The zero-order valence-corrected chi connectivity index (χ0v) is 10.7. The molecular weight excluding hydrogens is 230 g/mol. The van der Waals surface area contributed by atoms with Crippen LogP contribution in [0.5, 0.6) is 0 Å². The van der Waals surface area contributed by atoms with Crippen molar-refractivity contribution in [3.8, 4) is 0 Å². The van der Waals surface area contributed by atoms with E-state index in [0.717, 1.165) is 12.2 Å². The van der Waals surface area contributed by atoms with Crippen molar-refractivity contribution < 1.29 is 9.59 Å². The number of carbonyl (C=O) groups excluding carboxylic acids is 2. The SMILES string of the molecule is CCNc1ccc(C(=O)NCCNC(C)=O)cc1. The molecule has 0 saturated carbocycles. The van der Waals surface area contributed by atoms with Crippen molar-refractivity contribution in [1.29, 1.82) is 0 Å². The molecule has 18 heavy (non-hydrogen) atoms. The first-order chi connectivity index (χ1) is 8.63. The first kappa shape index (κ1) is 14.0. The molecule has 0 aromatic heterocycles. The summed E-state index contributed by atoms with van der Waals surface area (Å²) in [5.74, 6) is -0.234. The summed E-state index contributed by atoms with van der Waals surface area (Å²) < 4.78 is 0. The molecule has 0 bridgehead atoms. The van der Waals surface area contributed by atoms with Gasteiger partial charge in [-0.15, -0.1) is 0 Å². The van der Waals surface area contributed by atoms with Gasteiger partial charge in [-0.2, -0.15) is 0 Å². The normalized spacial score (nSPS) is 9.67. The molecular formula is C13H19N3O2. The van der Waals surface area contributed by atoms with Crippen LogP contribution in [0.3, 0.4) is 0 Å². The van der Waals surface area contributed by atoms with Crippen LogP contribution in [0.1, 0.15) is 24.2 Å². The monoisotopic (exact) mass is 249 g/mol. The summed E-state index contributed by atoms with van der Waals surface area (Å²) in [6, 6.07) is 7.27. The van der Waals surface area contributed by atoms with Gasteiger partial charge in [0.1, 0.15) is 0 Å². The lowest BCUT2D eigenvalue weighted by atomic mass is 10.2. The van der Waals surface area contributed by atoms with Crippen LogP contribution in [0.25, 0.3) is 0 Å². The zero-order valence-electron chi connectivity index (χ0n) is 10.7. The molecule has 0 unspecified atom stereocenters. The van der Waals surface area contributed by atoms with Crippen LogP contribution in [0, 0.1) is 0 Å². The van der Waals surface area contributed by atoms with Crippen molar-refractivity contribution in [1.82, 2.24) is 10.6 Å². The highest BCUT2D eigenvalue weighted by molar-refractivity contribution is 5.94. The van der Waals surface area contributed by atoms with Crippen molar-refractivity contribution in [2.75, 3.05) is 25.0 Å². The minimum Gasteiger partial charge on any atom is -0.385 e. The predicted octanol–water partition coefficient (Wildman–Crippen LogP) is 0.984. The smallest absolute Gasteiger partial charge is 0.251 e. The summed E-state index contributed by atoms with van der Waals surface area (Å²) in [5.41, 5.74) is 1.60. The maximum absolute atomic E-state index is 11.7. The number of carbonyl (C=O) groups is 2. The number of benzene rings is 1. The standard InChI is InChI=1S/C13H19N3O2/c1-3-14-12-6-4-11(5-7-12)13(18)16-9-8-15-10(2)17/h4-7,14H,3,8-9H2,1-2H3,(H,15,17)(H,16,18). The van der Waals surface area contributed by atoms with Gasteiger partial charge in [0.2, 0.25) is 5.91 Å². The highest BCUT2D eigenvalue weighted by Crippen LogP contribution is 2.08. The Morgan fingerprint density at radius 3 is 2.22 bits per heavy atom. The van der Waals surface area contributed by atoms with E-state index in [1.165, 1.54) is 6.92 Å². The predicted molar refractivity (Wildman–Crippen MR) is 71.6 cm³/mol. The number of rotatable bonds is 6. The minimum atomic E-state index is -0.136. The van der Waals surface area contributed by atoms with E-state index in [9.17, 15) is 9.59 Å². The lowest BCUT2D eigenvalue weighted by molar-refractivity contribution is -0.118. The average molecular weight is 249 g/mol. The van der Waals surface area contributed by atoms with Gasteiger partial charge in [0.15, 0.2) is 0 Å². The van der Waals surface area contributed by atoms with Gasteiger partial charge in [0, 0.05) is 37.8 Å². The number of amides is 2. The minimum absolute atomic E-state index is 0.0979. The van der Waals surface area contributed by atoms with Gasteiger partial charge in [-0.3, -0.25) is 9.59 Å². The number of hydrogen-bond acceptors (Lipinski definition) is 3. The van der Waals surface area contributed by atoms with Gasteiger partial charge >= 0.3 is 0 Å². The maximum atomic E-state index is 11.7. The molecule has 98 valence electrons. The van der Waals surface area contributed by atoms with Gasteiger partial charge in [-0.05, 0) is 31.2 Å². The van der Waals surface area contributed by atoms with Crippen molar-refractivity contribution in [3.63, 3.8) is 0 Å². The van der Waals surface area contributed by atoms with E-state index in [4.69, 9.17) is 0 Å². The van der Waals surface area contributed by atoms with Crippen LogP contribution in [0.15, 0.2) is 24.3 Å². The fraction of sp³-hybridized carbons (Fsp3) is 0.385. The highest BCUT2D eigenvalue weighted by Gasteiger charge is 2.04. The third-order valence-electron chi connectivity index (χ3n) is 2.31. The second-order valence-electron chi connectivity index (χ2n) is 3.85. The molecule has 5 heteroatoms. The van der Waals surface area contributed by atoms with Gasteiger partial charge in [0.05, 0.1) is 0 Å². The van der Waals surface area contributed by atoms with E-state index in [1.54, 1.807) is 12.1 Å². The lowest BCUT2D eigenvalue weighted by Gasteiger charge is -2.07. The van der Waals surface area contributed by atoms with Gasteiger partial charge in [-0.25, -0.2) is 0 Å². The van der Waals surface area contributed by atoms with Crippen molar-refractivity contribution >= 4 is 17.5 Å². The third-order valence-corrected chi connectivity index (χ3v) is 2.31. The molecule has 0 heterocycles. The van der Waals surface area contributed by atoms with Crippen LogP contribution in [0.2, 0.25) is 0 Å². The molecule has 0 aliphatic heterocycles. The fourth-order valence-electron chi connectivity index (χ4n) is 1.46. The van der Waals surface area contributed by atoms with Crippen LogP contribution in [0.4, 0.5) is 5.69 Å². The summed E-state index contributed by atoms with van der Waals surface area (Å²) in [7, 11) is 0. The third kappa shape index (κ3) is 4.86. The van der Waals surface area contributed by atoms with E-state index in [-0.39, 0.29) is 11.8 Å². The molecule has 0 atom stereocenters. The number of nitrogens with one attached hydrogen (secondary N) is 3. The number of hydrogen-bond donors (Lipinski definition) is 3. The van der Waals surface area contributed by atoms with Gasteiger partial charge < -0.3 is 16.0 Å². The quantitative estimate of drug-likeness (QED) is 0.658. The zero-order chi connectivity index (χ0) is 13.4. The first-order valence-corrected chi connectivity index (χ1v) is 6.00. The highest BCUT2D eigenvalue weighted by atomic mass is 16.2. The van der Waals surface area contributed by atoms with Gasteiger partial charge in [0.25, 0.3) is 5.91 Å². The summed E-state index contributed by atoms with van der Waals surface area (Å²) in [4.78, 5) is 22.3. The van der Waals surface area contributed by atoms with E-state index < -0.39 is 0 Å². The number of anilines is 1. The fourth-order valence-corrected chi connectivity index (χ4v) is 1.46. The molecule has 3 N–H and O–H groups in total. The molecule has 1 aromatic rings. The second kappa shape index (κ2) is 7.32. The topological polar surface area (TPSA) is 70.2 Å². The Morgan fingerprint density at radius 1 is 1.06 bits per heavy atom. The first-order valence-electron chi connectivity index (χ1n) is 6.00. The summed E-state index contributed by atoms with van der Waals surface area (Å²) >= 11 is 0. The molecule has 2 amide bonds. The molecule has 0 aliphatic rings. The molecule has 0 aliphatic carbocycles. The van der Waals surface area contributed by atoms with Crippen LogP contribution in [-0.2, 0) is 4.79 Å². The van der Waals surface area contributed by atoms with E-state index in [0.29, 0.717) is 18.7 Å². The summed E-state index contributed by atoms with van der Waals surface area (Å²) in [5, 5.41) is 8.51. The van der Waals surface area contributed by atoms with Crippen molar-refractivity contribution in [2.45, 2.75) is 13.8 Å². The maximum Gasteiger partial charge on any atom is 0.251 e. The van der Waals surface area contributed by atoms with Crippen LogP contribution >= 0.6 is 0 Å². The Hall–Kier alpha value is -2.04. The molecule has 0 spiro atoms. The summed E-state index contributed by atoms with van der Waals surface area (Å²) in [6.07, 6.45) is 0. The molecule has 1 aromatic carbocycles. The van der Waals surface area contributed by atoms with E-state index >= 15 is 0 Å². The average Bonchev–Trinajstić information content (AvgIpc) is 2.35. The van der Waals surface area contributed by atoms with E-state index in [1.807, 2.05) is 19.1 Å². The molecule has 0 radical (unpaired) electrons. The Labute approximate surface area is 107 Å². The van der Waals surface area contributed by atoms with E-state index in [2.05, 4.69) is 16.0 Å². The van der Waals surface area contributed by atoms with Crippen molar-refractivity contribution in [2.24, 2.45) is 0 Å². The second-order valence-corrected chi connectivity index (χ2v) is 3.85. The molecule has 5 nitrogen and oxygen atoms in total. The largest absolute Gasteiger partial charge is 0.385 e. The van der Waals surface area contributed by atoms with Crippen molar-refractivity contribution in [3.05, 3.63) is 29.8 Å². The molecule has 0 saturated heterocycles.